The molecule has 3 rings (SSSR count). The summed E-state index contributed by atoms with van der Waals surface area (Å²) in [6.07, 6.45) is 9.34. The quantitative estimate of drug-likeness (QED) is 0.670. The molecule has 1 aromatic heterocycles. The van der Waals surface area contributed by atoms with Gasteiger partial charge < -0.3 is 10.6 Å². The van der Waals surface area contributed by atoms with Crippen molar-refractivity contribution in [1.29, 1.82) is 0 Å². The third-order valence-electron chi connectivity index (χ3n) is 2.32. The molecule has 0 saturated heterocycles. The standard InChI is InChI=1S/C9H9N5.C2H6.H2/c1-2-10-9-7(1)8(11-5-12-9)6-3-13-14-4-6;1-2;/h1-5,9-10H,(H,11,12)(H,13,14);1-2H3;1H. The van der Waals surface area contributed by atoms with Gasteiger partial charge in [0.25, 0.3) is 0 Å². The van der Waals surface area contributed by atoms with Gasteiger partial charge in [-0.05, 0) is 12.3 Å². The number of aromatic amines is 1. The van der Waals surface area contributed by atoms with Crippen molar-refractivity contribution in [3.63, 3.8) is 0 Å². The van der Waals surface area contributed by atoms with Crippen LogP contribution in [0.15, 0.2) is 35.2 Å². The van der Waals surface area contributed by atoms with E-state index in [-0.39, 0.29) is 7.59 Å². The number of aromatic nitrogens is 2. The average Bonchev–Trinajstić information content (AvgIpc) is 3.02. The zero-order chi connectivity index (χ0) is 11.4. The Kier molecular flexibility index (Phi) is 3.05. The lowest BCUT2D eigenvalue weighted by Crippen LogP contribution is -2.28. The molecule has 0 aliphatic carbocycles. The lowest BCUT2D eigenvalue weighted by Gasteiger charge is -2.18. The highest BCUT2D eigenvalue weighted by Gasteiger charge is 2.22. The first-order valence-corrected chi connectivity index (χ1v) is 5.39. The largest absolute Gasteiger partial charge is 0.366 e. The number of nitrogens with one attached hydrogen (secondary N) is 3. The van der Waals surface area contributed by atoms with Gasteiger partial charge in [-0.2, -0.15) is 5.10 Å². The molecule has 0 bridgehead atoms. The van der Waals surface area contributed by atoms with Crippen LogP contribution in [0, 0.1) is 0 Å². The van der Waals surface area contributed by atoms with Crippen LogP contribution in [0.3, 0.4) is 0 Å². The Morgan fingerprint density at radius 1 is 1.38 bits per heavy atom. The van der Waals surface area contributed by atoms with Gasteiger partial charge in [0.2, 0.25) is 0 Å². The molecule has 3 N–H and O–H groups in total. The minimum Gasteiger partial charge on any atom is -0.366 e. The Hall–Kier alpha value is -2.04. The fraction of sp³-hybridized carbons (Fsp3) is 0.273. The van der Waals surface area contributed by atoms with Crippen molar-refractivity contribution in [3.8, 4) is 0 Å². The van der Waals surface area contributed by atoms with Gasteiger partial charge in [0.15, 0.2) is 0 Å². The van der Waals surface area contributed by atoms with Crippen LogP contribution in [0.4, 0.5) is 0 Å². The van der Waals surface area contributed by atoms with Crippen molar-refractivity contribution in [2.24, 2.45) is 4.99 Å². The van der Waals surface area contributed by atoms with Gasteiger partial charge in [-0.3, -0.25) is 5.10 Å². The van der Waals surface area contributed by atoms with Crippen LogP contribution in [0.1, 0.15) is 20.8 Å². The molecule has 16 heavy (non-hydrogen) atoms. The number of aliphatic imine (C=N–C) groups is 1. The number of H-pyrrole nitrogens is 1. The SMILES string of the molecule is C1=CC2=C(c3cn[nH]c3)NC=NC2N1.CC.[HH]. The van der Waals surface area contributed by atoms with Crippen LogP contribution in [0.5, 0.6) is 0 Å². The Balaban J connectivity index is 0.000000459. The van der Waals surface area contributed by atoms with Gasteiger partial charge in [0, 0.05) is 18.8 Å². The topological polar surface area (TPSA) is 65.1 Å². The Morgan fingerprint density at radius 3 is 3.00 bits per heavy atom. The van der Waals surface area contributed by atoms with E-state index in [1.54, 1.807) is 12.5 Å². The van der Waals surface area contributed by atoms with Crippen molar-refractivity contribution >= 4 is 12.0 Å². The molecule has 1 atom stereocenters. The van der Waals surface area contributed by atoms with Gasteiger partial charge in [0.1, 0.15) is 6.17 Å². The van der Waals surface area contributed by atoms with E-state index in [2.05, 4.69) is 25.8 Å². The van der Waals surface area contributed by atoms with Gasteiger partial charge in [0.05, 0.1) is 18.2 Å². The second-order valence-corrected chi connectivity index (χ2v) is 3.14. The lowest BCUT2D eigenvalue weighted by molar-refractivity contribution is 0.734. The summed E-state index contributed by atoms with van der Waals surface area (Å²) < 4.78 is 0. The summed E-state index contributed by atoms with van der Waals surface area (Å²) >= 11 is 0. The Labute approximate surface area is 95.8 Å². The van der Waals surface area contributed by atoms with Gasteiger partial charge in [-0.25, -0.2) is 4.99 Å². The molecular formula is C11H17N5. The first-order chi connectivity index (χ1) is 7.95. The van der Waals surface area contributed by atoms with E-state index in [0.717, 1.165) is 16.8 Å². The van der Waals surface area contributed by atoms with Gasteiger partial charge >= 0.3 is 0 Å². The van der Waals surface area contributed by atoms with Crippen molar-refractivity contribution in [3.05, 3.63) is 35.8 Å². The van der Waals surface area contributed by atoms with Crippen LogP contribution in [0.25, 0.3) is 5.70 Å². The molecule has 5 heteroatoms. The van der Waals surface area contributed by atoms with E-state index in [4.69, 9.17) is 0 Å². The summed E-state index contributed by atoms with van der Waals surface area (Å²) in [5.41, 5.74) is 3.25. The van der Waals surface area contributed by atoms with E-state index < -0.39 is 0 Å². The predicted octanol–water partition coefficient (Wildman–Crippen LogP) is 1.47. The molecule has 5 nitrogen and oxygen atoms in total. The summed E-state index contributed by atoms with van der Waals surface area (Å²) in [4.78, 5) is 4.25. The van der Waals surface area contributed by atoms with E-state index in [9.17, 15) is 0 Å². The Morgan fingerprint density at radius 2 is 2.25 bits per heavy atom. The molecule has 86 valence electrons. The van der Waals surface area contributed by atoms with Crippen molar-refractivity contribution < 1.29 is 1.43 Å². The molecule has 0 amide bonds. The first-order valence-electron chi connectivity index (χ1n) is 5.39. The zero-order valence-corrected chi connectivity index (χ0v) is 9.36. The molecule has 2 aliphatic rings. The maximum absolute atomic E-state index is 4.25. The fourth-order valence-corrected chi connectivity index (χ4v) is 1.65. The fourth-order valence-electron chi connectivity index (χ4n) is 1.65. The van der Waals surface area contributed by atoms with Crippen LogP contribution in [-0.2, 0) is 0 Å². The van der Waals surface area contributed by atoms with Crippen LogP contribution in [-0.4, -0.2) is 22.7 Å². The number of nitrogens with zero attached hydrogens (tertiary/aromatic N) is 2. The zero-order valence-electron chi connectivity index (χ0n) is 9.36. The highest BCUT2D eigenvalue weighted by Crippen LogP contribution is 2.23. The monoisotopic (exact) mass is 219 g/mol. The number of hydrogen-bond acceptors (Lipinski definition) is 4. The second-order valence-electron chi connectivity index (χ2n) is 3.14. The van der Waals surface area contributed by atoms with E-state index in [1.807, 2.05) is 32.3 Å². The predicted molar refractivity (Wildman–Crippen MR) is 66.7 cm³/mol. The third kappa shape index (κ3) is 1.71. The summed E-state index contributed by atoms with van der Waals surface area (Å²) in [5, 5.41) is 13.0. The summed E-state index contributed by atoms with van der Waals surface area (Å²) in [6, 6.07) is 0. The molecule has 1 unspecified atom stereocenters. The van der Waals surface area contributed by atoms with Gasteiger partial charge in [-0.15, -0.1) is 0 Å². The number of rotatable bonds is 1. The minimum atomic E-state index is 0. The van der Waals surface area contributed by atoms with Crippen molar-refractivity contribution in [1.82, 2.24) is 20.8 Å². The summed E-state index contributed by atoms with van der Waals surface area (Å²) in [7, 11) is 0. The second kappa shape index (κ2) is 4.65. The molecule has 0 radical (unpaired) electrons. The van der Waals surface area contributed by atoms with Crippen LogP contribution < -0.4 is 10.6 Å². The lowest BCUT2D eigenvalue weighted by atomic mass is 10.1. The molecule has 0 saturated carbocycles. The molecule has 0 aromatic carbocycles. The van der Waals surface area contributed by atoms with Crippen molar-refractivity contribution in [2.45, 2.75) is 20.0 Å². The maximum Gasteiger partial charge on any atom is 0.148 e. The number of hydrogen-bond donors (Lipinski definition) is 3. The molecule has 0 fully saturated rings. The first kappa shape index (κ1) is 10.5. The number of fused-ring (bicyclic) bond motifs is 1. The summed E-state index contributed by atoms with van der Waals surface area (Å²) in [6.45, 7) is 4.00. The normalized spacial score (nSPS) is 20.8. The molecule has 1 aromatic rings. The molecular weight excluding hydrogens is 202 g/mol. The summed E-state index contributed by atoms with van der Waals surface area (Å²) in [5.74, 6) is 0. The molecule has 3 heterocycles. The average molecular weight is 219 g/mol. The third-order valence-corrected chi connectivity index (χ3v) is 2.32. The van der Waals surface area contributed by atoms with Crippen molar-refractivity contribution in [2.75, 3.05) is 0 Å². The molecule has 0 spiro atoms. The maximum atomic E-state index is 4.25. The molecule has 2 aliphatic heterocycles. The minimum absolute atomic E-state index is 0. The van der Waals surface area contributed by atoms with Crippen LogP contribution >= 0.6 is 0 Å². The van der Waals surface area contributed by atoms with Crippen LogP contribution in [0.2, 0.25) is 0 Å². The van der Waals surface area contributed by atoms with E-state index in [1.165, 1.54) is 0 Å². The van der Waals surface area contributed by atoms with E-state index in [0.29, 0.717) is 0 Å². The highest BCUT2D eigenvalue weighted by atomic mass is 15.1. The van der Waals surface area contributed by atoms with E-state index >= 15 is 0 Å². The highest BCUT2D eigenvalue weighted by molar-refractivity contribution is 5.82. The van der Waals surface area contributed by atoms with Gasteiger partial charge in [-0.1, -0.05) is 13.8 Å². The smallest absolute Gasteiger partial charge is 0.148 e. The Bertz CT molecular complexity index is 433.